The summed E-state index contributed by atoms with van der Waals surface area (Å²) in [7, 11) is -2.05. The molecule has 11 aromatic rings. The van der Waals surface area contributed by atoms with Gasteiger partial charge >= 0.3 is 0 Å². The second kappa shape index (κ2) is 11.5. The molecule has 0 fully saturated rings. The second-order valence-corrected chi connectivity index (χ2v) is 19.7. The fourth-order valence-electron chi connectivity index (χ4n) is 9.41. The van der Waals surface area contributed by atoms with Gasteiger partial charge in [-0.05, 0) is 80.4 Å². The molecule has 4 aromatic heterocycles. The minimum Gasteiger partial charge on any atom is -0.458 e. The molecular weight excluding hydrogens is 701 g/mol. The lowest BCUT2D eigenvalue weighted by molar-refractivity contribution is -0.572. The number of nitrogens with zero attached hydrogens (tertiary/aromatic N) is 4. The third-order valence-corrected chi connectivity index (χ3v) is 15.5. The standard InChI is InChI=1S/C50H34N4OSi/c1-56(2)46-27-25-34(30-45(46)53-31-52(32-13-4-3-5-14-32)43-22-11-23-47(56)49(43)53)55-33-24-26-39-41-20-10-19-40-37-17-8-6-15-35(37)36-16-7-9-18-38(36)42-21-12-28-51-50(42)54(48(40)41)44(39)29-33/h3-30H,1-2H3. The number of hydrogen-bond donors (Lipinski definition) is 0. The van der Waals surface area contributed by atoms with Crippen LogP contribution in [0.15, 0.2) is 170 Å². The molecule has 56 heavy (non-hydrogen) atoms. The maximum atomic E-state index is 6.87. The van der Waals surface area contributed by atoms with Crippen LogP contribution >= 0.6 is 0 Å². The van der Waals surface area contributed by atoms with Crippen LogP contribution in [-0.4, -0.2) is 22.0 Å². The Bertz CT molecular complexity index is 3490. The molecule has 1 aliphatic heterocycles. The summed E-state index contributed by atoms with van der Waals surface area (Å²) in [6.45, 7) is 4.90. The van der Waals surface area contributed by atoms with Gasteiger partial charge in [-0.25, -0.2) is 4.98 Å². The van der Waals surface area contributed by atoms with E-state index in [1.807, 2.05) is 12.3 Å². The molecule has 5 nitrogen and oxygen atoms in total. The monoisotopic (exact) mass is 734 g/mol. The lowest BCUT2D eigenvalue weighted by atomic mass is 10.0. The van der Waals surface area contributed by atoms with Crippen molar-refractivity contribution >= 4 is 89.3 Å². The Labute approximate surface area is 323 Å². The third kappa shape index (κ3) is 4.30. The second-order valence-electron chi connectivity index (χ2n) is 15.4. The van der Waals surface area contributed by atoms with E-state index in [0.717, 1.165) is 61.2 Å². The quantitative estimate of drug-likeness (QED) is 0.103. The first-order chi connectivity index (χ1) is 27.5. The van der Waals surface area contributed by atoms with E-state index in [2.05, 4.69) is 191 Å². The van der Waals surface area contributed by atoms with Crippen molar-refractivity contribution in [1.29, 1.82) is 0 Å². The summed E-state index contributed by atoms with van der Waals surface area (Å²) in [6, 6.07) is 58.7. The molecule has 6 heteroatoms. The van der Waals surface area contributed by atoms with Crippen LogP contribution < -0.4 is 19.7 Å². The molecule has 1 aliphatic rings. The van der Waals surface area contributed by atoms with Crippen molar-refractivity contribution in [2.75, 3.05) is 0 Å². The minimum absolute atomic E-state index is 0.768. The van der Waals surface area contributed by atoms with Crippen LogP contribution in [0.3, 0.4) is 0 Å². The highest BCUT2D eigenvalue weighted by atomic mass is 28.3. The number of ether oxygens (including phenoxy) is 1. The molecule has 0 atom stereocenters. The third-order valence-electron chi connectivity index (χ3n) is 12.0. The van der Waals surface area contributed by atoms with Crippen molar-refractivity contribution in [2.45, 2.75) is 13.1 Å². The van der Waals surface area contributed by atoms with Gasteiger partial charge in [0.1, 0.15) is 25.2 Å². The van der Waals surface area contributed by atoms with Crippen molar-refractivity contribution in [3.63, 3.8) is 0 Å². The van der Waals surface area contributed by atoms with E-state index in [-0.39, 0.29) is 0 Å². The van der Waals surface area contributed by atoms with Gasteiger partial charge in [-0.3, -0.25) is 13.5 Å². The van der Waals surface area contributed by atoms with E-state index >= 15 is 0 Å². The Kier molecular flexibility index (Phi) is 6.43. The summed E-state index contributed by atoms with van der Waals surface area (Å²) < 4.78 is 13.7. The SMILES string of the molecule is C[Si]1(C)c2ccc(Oc3ccc4c5cccc6c7ccccc7c7ccccc7c7cccnc7n(c4c3)c65)cc2-n2[c-][n+](-c3ccccc3)c3cccc1c32. The first-order valence-corrected chi connectivity index (χ1v) is 22.1. The van der Waals surface area contributed by atoms with Gasteiger partial charge in [0, 0.05) is 33.8 Å². The van der Waals surface area contributed by atoms with Crippen molar-refractivity contribution in [2.24, 2.45) is 0 Å². The number of benzene rings is 7. The van der Waals surface area contributed by atoms with Crippen LogP contribution in [0.2, 0.25) is 13.1 Å². The van der Waals surface area contributed by atoms with Crippen LogP contribution in [0.5, 0.6) is 11.5 Å². The first kappa shape index (κ1) is 31.3. The van der Waals surface area contributed by atoms with Crippen LogP contribution in [0.25, 0.3) is 82.2 Å². The molecular formula is C50H34N4OSi. The molecule has 0 bridgehead atoms. The number of pyridine rings is 1. The number of imidazole rings is 1. The molecule has 7 aromatic carbocycles. The van der Waals surface area contributed by atoms with E-state index in [4.69, 9.17) is 9.72 Å². The predicted molar refractivity (Wildman–Crippen MR) is 232 cm³/mol. The molecule has 0 saturated carbocycles. The number of rotatable bonds is 3. The molecule has 5 heterocycles. The fourth-order valence-corrected chi connectivity index (χ4v) is 12.4. The maximum absolute atomic E-state index is 6.87. The molecule has 0 unspecified atom stereocenters. The van der Waals surface area contributed by atoms with Crippen molar-refractivity contribution in [3.8, 4) is 22.9 Å². The highest BCUT2D eigenvalue weighted by Gasteiger charge is 2.36. The number of para-hydroxylation sites is 3. The van der Waals surface area contributed by atoms with Crippen LogP contribution in [0.4, 0.5) is 0 Å². The smallest absolute Gasteiger partial charge is 0.269 e. The molecule has 12 rings (SSSR count). The molecule has 264 valence electrons. The van der Waals surface area contributed by atoms with Gasteiger partial charge in [0.2, 0.25) is 0 Å². The van der Waals surface area contributed by atoms with E-state index in [0.29, 0.717) is 0 Å². The van der Waals surface area contributed by atoms with E-state index in [9.17, 15) is 0 Å². The van der Waals surface area contributed by atoms with Gasteiger partial charge in [0.15, 0.2) is 0 Å². The lowest BCUT2D eigenvalue weighted by Crippen LogP contribution is -2.57. The minimum atomic E-state index is -2.05. The van der Waals surface area contributed by atoms with Gasteiger partial charge < -0.3 is 4.74 Å². The van der Waals surface area contributed by atoms with Crippen LogP contribution in [0.1, 0.15) is 0 Å². The van der Waals surface area contributed by atoms with E-state index < -0.39 is 8.07 Å². The summed E-state index contributed by atoms with van der Waals surface area (Å²) in [4.78, 5) is 5.12. The van der Waals surface area contributed by atoms with Crippen LogP contribution in [0, 0.1) is 6.33 Å². The number of hydrogen-bond acceptors (Lipinski definition) is 2. The Morgan fingerprint density at radius 3 is 1.95 bits per heavy atom. The Balaban J connectivity index is 1.10. The van der Waals surface area contributed by atoms with Gasteiger partial charge in [0.05, 0.1) is 33.4 Å². The zero-order valence-electron chi connectivity index (χ0n) is 30.9. The first-order valence-electron chi connectivity index (χ1n) is 19.1. The molecule has 0 N–H and O–H groups in total. The zero-order chi connectivity index (χ0) is 37.1. The molecule has 0 aliphatic carbocycles. The highest BCUT2D eigenvalue weighted by molar-refractivity contribution is 7.02. The number of fused-ring (bicyclic) bond motifs is 12. The molecule has 0 spiro atoms. The predicted octanol–water partition coefficient (Wildman–Crippen LogP) is 10.6. The summed E-state index contributed by atoms with van der Waals surface area (Å²) >= 11 is 0. The fraction of sp³-hybridized carbons (Fsp3) is 0.0400. The summed E-state index contributed by atoms with van der Waals surface area (Å²) in [6.07, 6.45) is 5.63. The molecule has 0 saturated heterocycles. The van der Waals surface area contributed by atoms with Crippen molar-refractivity contribution in [3.05, 3.63) is 176 Å². The maximum Gasteiger partial charge on any atom is 0.269 e. The average Bonchev–Trinajstić information content (AvgIpc) is 3.80. The van der Waals surface area contributed by atoms with Crippen LogP contribution in [-0.2, 0) is 0 Å². The normalized spacial score (nSPS) is 13.3. The van der Waals surface area contributed by atoms with E-state index in [1.54, 1.807) is 0 Å². The highest BCUT2D eigenvalue weighted by Crippen LogP contribution is 2.40. The summed E-state index contributed by atoms with van der Waals surface area (Å²) in [5.41, 5.74) is 7.69. The Morgan fingerprint density at radius 2 is 1.16 bits per heavy atom. The molecule has 0 amide bonds. The Morgan fingerprint density at radius 1 is 0.536 bits per heavy atom. The zero-order valence-corrected chi connectivity index (χ0v) is 31.9. The lowest BCUT2D eigenvalue weighted by Gasteiger charge is -2.32. The van der Waals surface area contributed by atoms with Crippen molar-refractivity contribution in [1.82, 2.24) is 14.0 Å². The van der Waals surface area contributed by atoms with Gasteiger partial charge in [-0.2, -0.15) is 0 Å². The van der Waals surface area contributed by atoms with Gasteiger partial charge in [0.25, 0.3) is 6.33 Å². The van der Waals surface area contributed by atoms with Crippen molar-refractivity contribution < 1.29 is 9.30 Å². The number of aromatic nitrogens is 4. The largest absolute Gasteiger partial charge is 0.458 e. The summed E-state index contributed by atoms with van der Waals surface area (Å²) in [5.74, 6) is 1.56. The summed E-state index contributed by atoms with van der Waals surface area (Å²) in [5, 5.41) is 12.1. The van der Waals surface area contributed by atoms with E-state index in [1.165, 1.54) is 42.8 Å². The Hall–Kier alpha value is -7.02. The average molecular weight is 735 g/mol. The topological polar surface area (TPSA) is 35.3 Å². The van der Waals surface area contributed by atoms with Gasteiger partial charge in [-0.1, -0.05) is 122 Å². The molecule has 0 radical (unpaired) electrons. The van der Waals surface area contributed by atoms with Gasteiger partial charge in [-0.15, -0.1) is 0 Å².